The molecule has 0 spiro atoms. The number of nitrogens with zero attached hydrogens (tertiary/aromatic N) is 4. The van der Waals surface area contributed by atoms with Crippen LogP contribution < -0.4 is 5.32 Å². The molecule has 0 aliphatic rings. The van der Waals surface area contributed by atoms with Crippen molar-refractivity contribution in [1.29, 1.82) is 0 Å². The van der Waals surface area contributed by atoms with Crippen LogP contribution >= 0.6 is 0 Å². The van der Waals surface area contributed by atoms with Crippen LogP contribution in [0.3, 0.4) is 0 Å². The van der Waals surface area contributed by atoms with Gasteiger partial charge in [-0.25, -0.2) is 0 Å². The Hall–Kier alpha value is -1.82. The Morgan fingerprint density at radius 2 is 2.31 bits per heavy atom. The van der Waals surface area contributed by atoms with Gasteiger partial charge in [0, 0.05) is 25.5 Å². The average molecular weight is 221 g/mol. The smallest absolute Gasteiger partial charge is 0.148 e. The van der Waals surface area contributed by atoms with Gasteiger partial charge in [-0.2, -0.15) is 10.2 Å². The van der Waals surface area contributed by atoms with Crippen molar-refractivity contribution >= 4 is 5.82 Å². The van der Waals surface area contributed by atoms with Gasteiger partial charge >= 0.3 is 0 Å². The molecule has 0 bridgehead atoms. The van der Waals surface area contributed by atoms with Crippen molar-refractivity contribution in [2.45, 2.75) is 13.1 Å². The summed E-state index contributed by atoms with van der Waals surface area (Å²) >= 11 is 0. The Bertz CT molecular complexity index is 448. The van der Waals surface area contributed by atoms with Gasteiger partial charge in [0.25, 0.3) is 0 Å². The first-order valence-electron chi connectivity index (χ1n) is 5.14. The van der Waals surface area contributed by atoms with Gasteiger partial charge in [-0.05, 0) is 6.07 Å². The Balaban J connectivity index is 1.92. The second-order valence-corrected chi connectivity index (χ2v) is 3.49. The van der Waals surface area contributed by atoms with Crippen LogP contribution in [0.15, 0.2) is 24.5 Å². The first-order valence-corrected chi connectivity index (χ1v) is 5.14. The number of nitrogens with one attached hydrogen (secondary N) is 1. The van der Waals surface area contributed by atoms with Crippen molar-refractivity contribution in [2.24, 2.45) is 7.05 Å². The fourth-order valence-corrected chi connectivity index (χ4v) is 1.44. The molecule has 0 aliphatic carbocycles. The fourth-order valence-electron chi connectivity index (χ4n) is 1.44. The molecule has 0 saturated heterocycles. The lowest BCUT2D eigenvalue weighted by Crippen LogP contribution is -2.07. The van der Waals surface area contributed by atoms with Crippen LogP contribution in [0.4, 0.5) is 5.82 Å². The maximum atomic E-state index is 8.75. The zero-order valence-electron chi connectivity index (χ0n) is 9.17. The Morgan fingerprint density at radius 1 is 1.44 bits per heavy atom. The van der Waals surface area contributed by atoms with Gasteiger partial charge in [-0.3, -0.25) is 9.36 Å². The molecule has 2 N–H and O–H groups in total. The van der Waals surface area contributed by atoms with Crippen molar-refractivity contribution in [3.8, 4) is 0 Å². The summed E-state index contributed by atoms with van der Waals surface area (Å²) in [5, 5.41) is 20.3. The fraction of sp³-hybridized carbons (Fsp3) is 0.400. The number of anilines is 1. The second kappa shape index (κ2) is 4.80. The van der Waals surface area contributed by atoms with E-state index in [0.29, 0.717) is 13.1 Å². The quantitative estimate of drug-likeness (QED) is 0.758. The third-order valence-corrected chi connectivity index (χ3v) is 2.34. The number of hydrogen-bond donors (Lipinski definition) is 2. The largest absolute Gasteiger partial charge is 0.394 e. The number of aliphatic hydroxyl groups excluding tert-OH is 1. The third-order valence-electron chi connectivity index (χ3n) is 2.34. The van der Waals surface area contributed by atoms with E-state index in [-0.39, 0.29) is 6.61 Å². The molecule has 0 amide bonds. The minimum Gasteiger partial charge on any atom is -0.394 e. The number of hydrogen-bond acceptors (Lipinski definition) is 4. The monoisotopic (exact) mass is 221 g/mol. The van der Waals surface area contributed by atoms with Gasteiger partial charge in [0.2, 0.25) is 0 Å². The van der Waals surface area contributed by atoms with Gasteiger partial charge in [0.1, 0.15) is 5.82 Å². The summed E-state index contributed by atoms with van der Waals surface area (Å²) in [7, 11) is 1.90. The molecule has 0 aromatic carbocycles. The van der Waals surface area contributed by atoms with Crippen molar-refractivity contribution in [3.05, 3.63) is 30.2 Å². The SMILES string of the molecule is Cn1nccc1CNc1ccn(CCO)n1. The van der Waals surface area contributed by atoms with E-state index in [1.54, 1.807) is 10.9 Å². The van der Waals surface area contributed by atoms with Crippen LogP contribution in [0.1, 0.15) is 5.69 Å². The third kappa shape index (κ3) is 2.40. The molecule has 0 unspecified atom stereocenters. The second-order valence-electron chi connectivity index (χ2n) is 3.49. The lowest BCUT2D eigenvalue weighted by molar-refractivity contribution is 0.269. The first-order chi connectivity index (χ1) is 7.79. The predicted molar refractivity (Wildman–Crippen MR) is 59.8 cm³/mol. The van der Waals surface area contributed by atoms with Crippen LogP contribution in [0.25, 0.3) is 0 Å². The molecule has 6 heteroatoms. The van der Waals surface area contributed by atoms with Gasteiger partial charge in [0.05, 0.1) is 25.4 Å². The van der Waals surface area contributed by atoms with E-state index < -0.39 is 0 Å². The number of aryl methyl sites for hydroxylation is 1. The zero-order chi connectivity index (χ0) is 11.4. The summed E-state index contributed by atoms with van der Waals surface area (Å²) in [4.78, 5) is 0. The van der Waals surface area contributed by atoms with E-state index in [2.05, 4.69) is 15.5 Å². The maximum absolute atomic E-state index is 8.75. The summed E-state index contributed by atoms with van der Waals surface area (Å²) in [5.41, 5.74) is 1.09. The molecule has 2 aromatic heterocycles. The van der Waals surface area contributed by atoms with Crippen LogP contribution in [0.2, 0.25) is 0 Å². The molecule has 0 radical (unpaired) electrons. The standard InChI is InChI=1S/C10H15N5O/c1-14-9(2-4-12-14)8-11-10-3-5-15(13-10)6-7-16/h2-5,16H,6-8H2,1H3,(H,11,13). The minimum absolute atomic E-state index is 0.100. The normalized spacial score (nSPS) is 10.6. The van der Waals surface area contributed by atoms with Crippen molar-refractivity contribution < 1.29 is 5.11 Å². The van der Waals surface area contributed by atoms with E-state index in [0.717, 1.165) is 11.5 Å². The molecule has 2 aromatic rings. The molecular formula is C10H15N5O. The molecule has 86 valence electrons. The predicted octanol–water partition coefficient (Wildman–Crippen LogP) is 0.221. The van der Waals surface area contributed by atoms with Gasteiger partial charge in [-0.15, -0.1) is 0 Å². The number of rotatable bonds is 5. The molecule has 2 heterocycles. The zero-order valence-corrected chi connectivity index (χ0v) is 9.17. The van der Waals surface area contributed by atoms with E-state index >= 15 is 0 Å². The maximum Gasteiger partial charge on any atom is 0.148 e. The highest BCUT2D eigenvalue weighted by Gasteiger charge is 2.00. The van der Waals surface area contributed by atoms with Crippen LogP contribution in [-0.4, -0.2) is 31.3 Å². The number of aliphatic hydroxyl groups is 1. The molecule has 0 aliphatic heterocycles. The van der Waals surface area contributed by atoms with Crippen molar-refractivity contribution in [1.82, 2.24) is 19.6 Å². The molecular weight excluding hydrogens is 206 g/mol. The molecule has 0 fully saturated rings. The summed E-state index contributed by atoms with van der Waals surface area (Å²) in [6, 6.07) is 3.84. The minimum atomic E-state index is 0.100. The Kier molecular flexibility index (Phi) is 3.21. The molecule has 0 saturated carbocycles. The number of aromatic nitrogens is 4. The summed E-state index contributed by atoms with van der Waals surface area (Å²) < 4.78 is 3.52. The lowest BCUT2D eigenvalue weighted by atomic mass is 10.4. The van der Waals surface area contributed by atoms with E-state index in [9.17, 15) is 0 Å². The topological polar surface area (TPSA) is 67.9 Å². The summed E-state index contributed by atoms with van der Waals surface area (Å²) in [5.74, 6) is 0.801. The molecule has 6 nitrogen and oxygen atoms in total. The van der Waals surface area contributed by atoms with E-state index in [1.807, 2.05) is 30.1 Å². The van der Waals surface area contributed by atoms with Crippen molar-refractivity contribution in [3.63, 3.8) is 0 Å². The van der Waals surface area contributed by atoms with Crippen molar-refractivity contribution in [2.75, 3.05) is 11.9 Å². The van der Waals surface area contributed by atoms with Crippen LogP contribution in [-0.2, 0) is 20.1 Å². The molecule has 0 atom stereocenters. The summed E-state index contributed by atoms with van der Waals surface area (Å²) in [6.45, 7) is 1.31. The molecule has 16 heavy (non-hydrogen) atoms. The highest BCUT2D eigenvalue weighted by molar-refractivity contribution is 5.32. The van der Waals surface area contributed by atoms with Gasteiger partial charge in [-0.1, -0.05) is 0 Å². The highest BCUT2D eigenvalue weighted by Crippen LogP contribution is 2.05. The van der Waals surface area contributed by atoms with Gasteiger partial charge < -0.3 is 10.4 Å². The average Bonchev–Trinajstić information content (AvgIpc) is 2.86. The van der Waals surface area contributed by atoms with Gasteiger partial charge in [0.15, 0.2) is 0 Å². The van der Waals surface area contributed by atoms with E-state index in [4.69, 9.17) is 5.11 Å². The molecule has 2 rings (SSSR count). The first kappa shape index (κ1) is 10.7. The van der Waals surface area contributed by atoms with Crippen LogP contribution in [0.5, 0.6) is 0 Å². The Morgan fingerprint density at radius 3 is 3.00 bits per heavy atom. The summed E-state index contributed by atoms with van der Waals surface area (Å²) in [6.07, 6.45) is 3.60. The Labute approximate surface area is 93.5 Å². The highest BCUT2D eigenvalue weighted by atomic mass is 16.3. The van der Waals surface area contributed by atoms with Crippen LogP contribution in [0, 0.1) is 0 Å². The lowest BCUT2D eigenvalue weighted by Gasteiger charge is -2.03. The van der Waals surface area contributed by atoms with E-state index in [1.165, 1.54) is 0 Å².